The van der Waals surface area contributed by atoms with Crippen LogP contribution in [0.4, 0.5) is 0 Å². The Morgan fingerprint density at radius 2 is 2.36 bits per heavy atom. The van der Waals surface area contributed by atoms with Gasteiger partial charge in [0.25, 0.3) is 5.91 Å². The predicted molar refractivity (Wildman–Crippen MR) is 56.0 cm³/mol. The number of amides is 1. The number of carbonyl (C=O) groups is 1. The van der Waals surface area contributed by atoms with Crippen molar-refractivity contribution in [1.82, 2.24) is 5.32 Å². The molecule has 0 saturated heterocycles. The summed E-state index contributed by atoms with van der Waals surface area (Å²) in [7, 11) is 0. The summed E-state index contributed by atoms with van der Waals surface area (Å²) in [4.78, 5) is 11.5. The Morgan fingerprint density at radius 3 is 2.79 bits per heavy atom. The quantitative estimate of drug-likeness (QED) is 0.816. The summed E-state index contributed by atoms with van der Waals surface area (Å²) in [6.07, 6.45) is 0.781. The molecule has 0 aliphatic heterocycles. The third-order valence-corrected chi connectivity index (χ3v) is 2.39. The van der Waals surface area contributed by atoms with Crippen LogP contribution in [0.1, 0.15) is 23.9 Å². The number of carbonyl (C=O) groups excluding carboxylic acids is 1. The monoisotopic (exact) mass is 235 g/mol. The van der Waals surface area contributed by atoms with Gasteiger partial charge in [0.05, 0.1) is 0 Å². The van der Waals surface area contributed by atoms with Crippen molar-refractivity contribution in [2.75, 3.05) is 5.88 Å². The second-order valence-electron chi connectivity index (χ2n) is 2.84. The van der Waals surface area contributed by atoms with Crippen LogP contribution in [0.5, 0.6) is 0 Å². The lowest BCUT2D eigenvalue weighted by Gasteiger charge is -2.11. The van der Waals surface area contributed by atoms with Gasteiger partial charge in [-0.15, -0.1) is 11.6 Å². The largest absolute Gasteiger partial charge is 0.440 e. The second kappa shape index (κ2) is 5.27. The van der Waals surface area contributed by atoms with Crippen molar-refractivity contribution < 1.29 is 9.21 Å². The number of rotatable bonds is 4. The zero-order valence-corrected chi connectivity index (χ0v) is 9.23. The fourth-order valence-electron chi connectivity index (χ4n) is 0.943. The fraction of sp³-hybridized carbons (Fsp3) is 0.444. The van der Waals surface area contributed by atoms with Crippen molar-refractivity contribution in [2.45, 2.75) is 19.4 Å². The van der Waals surface area contributed by atoms with Gasteiger partial charge < -0.3 is 9.73 Å². The maximum Gasteiger partial charge on any atom is 0.287 e. The first kappa shape index (κ1) is 11.4. The van der Waals surface area contributed by atoms with Gasteiger partial charge >= 0.3 is 0 Å². The minimum atomic E-state index is -0.288. The Labute approximate surface area is 92.4 Å². The summed E-state index contributed by atoms with van der Waals surface area (Å²) < 4.78 is 4.95. The molecule has 1 unspecified atom stereocenters. The van der Waals surface area contributed by atoms with Gasteiger partial charge in [0, 0.05) is 11.9 Å². The molecule has 14 heavy (non-hydrogen) atoms. The van der Waals surface area contributed by atoms with Crippen LogP contribution < -0.4 is 5.32 Å². The molecule has 78 valence electrons. The van der Waals surface area contributed by atoms with E-state index < -0.39 is 0 Å². The van der Waals surface area contributed by atoms with Crippen molar-refractivity contribution in [1.29, 1.82) is 0 Å². The van der Waals surface area contributed by atoms with Crippen LogP contribution in [0.2, 0.25) is 5.22 Å². The van der Waals surface area contributed by atoms with Crippen molar-refractivity contribution in [3.8, 4) is 0 Å². The van der Waals surface area contributed by atoms with Gasteiger partial charge in [0.2, 0.25) is 0 Å². The zero-order chi connectivity index (χ0) is 10.6. The van der Waals surface area contributed by atoms with E-state index in [-0.39, 0.29) is 22.9 Å². The number of hydrogen-bond donors (Lipinski definition) is 1. The molecule has 0 aliphatic rings. The van der Waals surface area contributed by atoms with Crippen LogP contribution in [0.15, 0.2) is 16.5 Å². The molecule has 0 spiro atoms. The van der Waals surface area contributed by atoms with E-state index in [9.17, 15) is 4.79 Å². The minimum absolute atomic E-state index is 0.0342. The molecule has 0 aromatic carbocycles. The van der Waals surface area contributed by atoms with E-state index in [4.69, 9.17) is 27.6 Å². The Kier molecular flexibility index (Phi) is 4.29. The van der Waals surface area contributed by atoms with Gasteiger partial charge in [-0.05, 0) is 30.2 Å². The van der Waals surface area contributed by atoms with Gasteiger partial charge in [-0.3, -0.25) is 4.79 Å². The Morgan fingerprint density at radius 1 is 1.64 bits per heavy atom. The van der Waals surface area contributed by atoms with E-state index in [1.165, 1.54) is 12.1 Å². The molecule has 0 radical (unpaired) electrons. The third kappa shape index (κ3) is 2.93. The van der Waals surface area contributed by atoms with Gasteiger partial charge in [-0.1, -0.05) is 6.92 Å². The first-order chi connectivity index (χ1) is 6.67. The van der Waals surface area contributed by atoms with Crippen LogP contribution in [0.3, 0.4) is 0 Å². The van der Waals surface area contributed by atoms with Crippen LogP contribution in [0.25, 0.3) is 0 Å². The highest BCUT2D eigenvalue weighted by Crippen LogP contribution is 2.13. The molecule has 1 amide bonds. The molecule has 1 heterocycles. The van der Waals surface area contributed by atoms with E-state index in [0.29, 0.717) is 5.88 Å². The van der Waals surface area contributed by atoms with E-state index in [2.05, 4.69) is 5.32 Å². The van der Waals surface area contributed by atoms with E-state index in [1.54, 1.807) is 0 Å². The normalized spacial score (nSPS) is 12.5. The summed E-state index contributed by atoms with van der Waals surface area (Å²) >= 11 is 11.2. The summed E-state index contributed by atoms with van der Waals surface area (Å²) in [5.41, 5.74) is 0. The number of halogens is 2. The maximum atomic E-state index is 11.5. The van der Waals surface area contributed by atoms with Gasteiger partial charge in [-0.2, -0.15) is 0 Å². The number of nitrogens with one attached hydrogen (secondary N) is 1. The Balaban J connectivity index is 2.58. The first-order valence-corrected chi connectivity index (χ1v) is 5.20. The number of furan rings is 1. The SMILES string of the molecule is CCC(CCl)NC(=O)c1ccc(Cl)o1. The maximum absolute atomic E-state index is 11.5. The molecule has 0 aliphatic carbocycles. The third-order valence-electron chi connectivity index (χ3n) is 1.81. The van der Waals surface area contributed by atoms with E-state index >= 15 is 0 Å². The fourth-order valence-corrected chi connectivity index (χ4v) is 1.38. The molecule has 0 saturated carbocycles. The molecule has 1 rings (SSSR count). The second-order valence-corrected chi connectivity index (χ2v) is 3.52. The average molecular weight is 236 g/mol. The molecule has 3 nitrogen and oxygen atoms in total. The van der Waals surface area contributed by atoms with Crippen LogP contribution in [0, 0.1) is 0 Å². The standard InChI is InChI=1S/C9H11Cl2NO2/c1-2-6(5-10)12-9(13)7-3-4-8(11)14-7/h3-4,6H,2,5H2,1H3,(H,12,13). The highest BCUT2D eigenvalue weighted by atomic mass is 35.5. The smallest absolute Gasteiger partial charge is 0.287 e. The lowest BCUT2D eigenvalue weighted by Crippen LogP contribution is -2.35. The lowest BCUT2D eigenvalue weighted by atomic mass is 10.2. The first-order valence-electron chi connectivity index (χ1n) is 4.29. The Hall–Kier alpha value is -0.670. The molecule has 5 heteroatoms. The van der Waals surface area contributed by atoms with Gasteiger partial charge in [0.15, 0.2) is 11.0 Å². The predicted octanol–water partition coefficient (Wildman–Crippen LogP) is 2.68. The molecular weight excluding hydrogens is 225 g/mol. The minimum Gasteiger partial charge on any atom is -0.440 e. The molecule has 0 fully saturated rings. The van der Waals surface area contributed by atoms with Gasteiger partial charge in [-0.25, -0.2) is 0 Å². The summed E-state index contributed by atoms with van der Waals surface area (Å²) in [5.74, 6) is 0.305. The van der Waals surface area contributed by atoms with Crippen molar-refractivity contribution >= 4 is 29.1 Å². The topological polar surface area (TPSA) is 42.2 Å². The summed E-state index contributed by atoms with van der Waals surface area (Å²) in [5, 5.41) is 2.93. The summed E-state index contributed by atoms with van der Waals surface area (Å²) in [6.45, 7) is 1.95. The van der Waals surface area contributed by atoms with Crippen molar-refractivity contribution in [2.24, 2.45) is 0 Å². The van der Waals surface area contributed by atoms with Crippen molar-refractivity contribution in [3.63, 3.8) is 0 Å². The number of hydrogen-bond acceptors (Lipinski definition) is 2. The lowest BCUT2D eigenvalue weighted by molar-refractivity contribution is 0.0912. The molecule has 1 aromatic rings. The Bertz CT molecular complexity index is 308. The molecule has 1 atom stereocenters. The molecule has 1 aromatic heterocycles. The van der Waals surface area contributed by atoms with Crippen LogP contribution in [-0.2, 0) is 0 Å². The van der Waals surface area contributed by atoms with E-state index in [1.807, 2.05) is 6.92 Å². The molecule has 1 N–H and O–H groups in total. The van der Waals surface area contributed by atoms with E-state index in [0.717, 1.165) is 6.42 Å². The average Bonchev–Trinajstić information content (AvgIpc) is 2.61. The zero-order valence-electron chi connectivity index (χ0n) is 7.72. The highest BCUT2D eigenvalue weighted by Gasteiger charge is 2.14. The van der Waals surface area contributed by atoms with Crippen molar-refractivity contribution in [3.05, 3.63) is 23.1 Å². The van der Waals surface area contributed by atoms with Gasteiger partial charge in [0.1, 0.15) is 0 Å². The number of alkyl halides is 1. The van der Waals surface area contributed by atoms with Crippen LogP contribution in [-0.4, -0.2) is 17.8 Å². The molecule has 0 bridgehead atoms. The summed E-state index contributed by atoms with van der Waals surface area (Å²) in [6, 6.07) is 3.02. The highest BCUT2D eigenvalue weighted by molar-refractivity contribution is 6.29. The molecular formula is C9H11Cl2NO2. The van der Waals surface area contributed by atoms with Crippen LogP contribution >= 0.6 is 23.2 Å².